The molecule has 0 radical (unpaired) electrons. The van der Waals surface area contributed by atoms with Gasteiger partial charge < -0.3 is 10.2 Å². The van der Waals surface area contributed by atoms with Crippen molar-refractivity contribution in [3.8, 4) is 6.07 Å². The number of hydrogen-bond acceptors (Lipinski definition) is 4. The number of pyridine rings is 1. The topological polar surface area (TPSA) is 69.0 Å². The molecule has 0 atom stereocenters. The predicted molar refractivity (Wildman–Crippen MR) is 97.4 cm³/mol. The molecule has 0 saturated carbocycles. The first kappa shape index (κ1) is 17.0. The molecule has 0 bridgehead atoms. The van der Waals surface area contributed by atoms with Gasteiger partial charge in [0.15, 0.2) is 0 Å². The molecule has 2 heterocycles. The molecule has 1 aliphatic heterocycles. The maximum Gasteiger partial charge on any atom is 0.251 e. The Morgan fingerprint density at radius 3 is 2.76 bits per heavy atom. The first-order valence-corrected chi connectivity index (χ1v) is 8.63. The number of rotatable bonds is 4. The minimum absolute atomic E-state index is 0.00276. The number of nitriles is 1. The molecule has 25 heavy (non-hydrogen) atoms. The summed E-state index contributed by atoms with van der Waals surface area (Å²) in [4.78, 5) is 18.8. The smallest absolute Gasteiger partial charge is 0.251 e. The zero-order valence-electron chi connectivity index (χ0n) is 14.4. The Bertz CT molecular complexity index is 788. The van der Waals surface area contributed by atoms with Crippen molar-refractivity contribution in [1.29, 1.82) is 5.26 Å². The number of hydrogen-bond donors (Lipinski definition) is 1. The third-order valence-electron chi connectivity index (χ3n) is 4.76. The van der Waals surface area contributed by atoms with E-state index in [2.05, 4.69) is 21.3 Å². The van der Waals surface area contributed by atoms with Gasteiger partial charge in [-0.2, -0.15) is 5.26 Å². The number of benzene rings is 1. The summed E-state index contributed by atoms with van der Waals surface area (Å²) < 4.78 is 0. The zero-order chi connectivity index (χ0) is 17.6. The fraction of sp³-hybridized carbons (Fsp3) is 0.350. The third kappa shape index (κ3) is 3.97. The van der Waals surface area contributed by atoms with E-state index in [4.69, 9.17) is 0 Å². The number of anilines is 1. The van der Waals surface area contributed by atoms with E-state index < -0.39 is 0 Å². The predicted octanol–water partition coefficient (Wildman–Crippen LogP) is 2.91. The highest BCUT2D eigenvalue weighted by molar-refractivity contribution is 5.95. The molecule has 1 fully saturated rings. The summed E-state index contributed by atoms with van der Waals surface area (Å²) >= 11 is 0. The number of aromatic nitrogens is 1. The van der Waals surface area contributed by atoms with Gasteiger partial charge in [0.1, 0.15) is 11.9 Å². The van der Waals surface area contributed by atoms with Gasteiger partial charge >= 0.3 is 0 Å². The molecule has 1 aromatic heterocycles. The van der Waals surface area contributed by atoms with Gasteiger partial charge in [0.25, 0.3) is 5.91 Å². The Labute approximate surface area is 148 Å². The fourth-order valence-corrected chi connectivity index (χ4v) is 3.25. The molecule has 5 nitrogen and oxygen atoms in total. The van der Waals surface area contributed by atoms with E-state index in [-0.39, 0.29) is 5.91 Å². The Hall–Kier alpha value is -2.87. The highest BCUT2D eigenvalue weighted by atomic mass is 16.1. The minimum Gasteiger partial charge on any atom is -0.356 e. The van der Waals surface area contributed by atoms with Crippen molar-refractivity contribution in [1.82, 2.24) is 10.3 Å². The summed E-state index contributed by atoms with van der Waals surface area (Å²) in [5.74, 6) is 1.22. The van der Waals surface area contributed by atoms with Gasteiger partial charge in [-0.05, 0) is 49.4 Å². The standard InChI is InChI=1S/C20H22N4O/c1-15-5-2-3-7-18(15)20(25)23-14-16-8-11-24(12-9-16)19-17(13-21)6-4-10-22-19/h2-7,10,16H,8-9,11-12,14H2,1H3,(H,23,25). The summed E-state index contributed by atoms with van der Waals surface area (Å²) in [6, 6.07) is 13.4. The number of carbonyl (C=O) groups is 1. The van der Waals surface area contributed by atoms with Crippen LogP contribution < -0.4 is 10.2 Å². The molecule has 128 valence electrons. The van der Waals surface area contributed by atoms with Gasteiger partial charge in [0.2, 0.25) is 0 Å². The first-order chi connectivity index (χ1) is 12.2. The van der Waals surface area contributed by atoms with Crippen molar-refractivity contribution in [2.45, 2.75) is 19.8 Å². The number of nitrogens with zero attached hydrogens (tertiary/aromatic N) is 3. The third-order valence-corrected chi connectivity index (χ3v) is 4.76. The van der Waals surface area contributed by atoms with Crippen LogP contribution in [0.15, 0.2) is 42.6 Å². The highest BCUT2D eigenvalue weighted by Gasteiger charge is 2.22. The van der Waals surface area contributed by atoms with Crippen LogP contribution in [0.5, 0.6) is 0 Å². The molecule has 1 amide bonds. The van der Waals surface area contributed by atoms with Crippen LogP contribution in [-0.4, -0.2) is 30.5 Å². The largest absolute Gasteiger partial charge is 0.356 e. The van der Waals surface area contributed by atoms with Gasteiger partial charge in [-0.15, -0.1) is 0 Å². The molecular formula is C20H22N4O. The molecule has 1 aliphatic rings. The maximum atomic E-state index is 12.3. The summed E-state index contributed by atoms with van der Waals surface area (Å²) in [6.45, 7) is 4.36. The molecule has 0 unspecified atom stereocenters. The Balaban J connectivity index is 1.52. The van der Waals surface area contributed by atoms with Gasteiger partial charge in [-0.25, -0.2) is 4.98 Å². The van der Waals surface area contributed by atoms with Crippen molar-refractivity contribution in [3.63, 3.8) is 0 Å². The maximum absolute atomic E-state index is 12.3. The van der Waals surface area contributed by atoms with Crippen LogP contribution >= 0.6 is 0 Å². The second kappa shape index (κ2) is 7.80. The van der Waals surface area contributed by atoms with Gasteiger partial charge in [0.05, 0.1) is 5.56 Å². The monoisotopic (exact) mass is 334 g/mol. The fourth-order valence-electron chi connectivity index (χ4n) is 3.25. The SMILES string of the molecule is Cc1ccccc1C(=O)NCC1CCN(c2ncccc2C#N)CC1. The number of nitrogens with one attached hydrogen (secondary N) is 1. The molecule has 1 aromatic carbocycles. The molecule has 1 N–H and O–H groups in total. The minimum atomic E-state index is -0.00276. The molecule has 3 rings (SSSR count). The van der Waals surface area contributed by atoms with Crippen LogP contribution in [0.2, 0.25) is 0 Å². The lowest BCUT2D eigenvalue weighted by Crippen LogP contribution is -2.39. The van der Waals surface area contributed by atoms with E-state index in [0.29, 0.717) is 18.0 Å². The van der Waals surface area contributed by atoms with Crippen molar-refractivity contribution in [3.05, 3.63) is 59.3 Å². The Morgan fingerprint density at radius 2 is 2.04 bits per heavy atom. The van der Waals surface area contributed by atoms with E-state index in [0.717, 1.165) is 42.9 Å². The highest BCUT2D eigenvalue weighted by Crippen LogP contribution is 2.23. The normalized spacial score (nSPS) is 14.8. The molecular weight excluding hydrogens is 312 g/mol. The van der Waals surface area contributed by atoms with Crippen LogP contribution in [-0.2, 0) is 0 Å². The molecule has 1 saturated heterocycles. The summed E-state index contributed by atoms with van der Waals surface area (Å²) in [5.41, 5.74) is 2.36. The second-order valence-corrected chi connectivity index (χ2v) is 6.44. The number of aryl methyl sites for hydroxylation is 1. The summed E-state index contributed by atoms with van der Waals surface area (Å²) in [6.07, 6.45) is 3.69. The molecule has 0 aliphatic carbocycles. The van der Waals surface area contributed by atoms with E-state index >= 15 is 0 Å². The summed E-state index contributed by atoms with van der Waals surface area (Å²) in [7, 11) is 0. The van der Waals surface area contributed by atoms with Crippen molar-refractivity contribution in [2.75, 3.05) is 24.5 Å². The van der Waals surface area contributed by atoms with Crippen molar-refractivity contribution >= 4 is 11.7 Å². The number of carbonyl (C=O) groups excluding carboxylic acids is 1. The van der Waals surface area contributed by atoms with Gasteiger partial charge in [-0.3, -0.25) is 4.79 Å². The quantitative estimate of drug-likeness (QED) is 0.933. The number of piperidine rings is 1. The lowest BCUT2D eigenvalue weighted by molar-refractivity contribution is 0.0944. The van der Waals surface area contributed by atoms with Crippen LogP contribution in [0.1, 0.15) is 34.3 Å². The van der Waals surface area contributed by atoms with Crippen molar-refractivity contribution < 1.29 is 4.79 Å². The lowest BCUT2D eigenvalue weighted by atomic mass is 9.96. The van der Waals surface area contributed by atoms with Crippen LogP contribution in [0.3, 0.4) is 0 Å². The molecule has 2 aromatic rings. The number of amides is 1. The zero-order valence-corrected chi connectivity index (χ0v) is 14.4. The van der Waals surface area contributed by atoms with Crippen molar-refractivity contribution in [2.24, 2.45) is 5.92 Å². The van der Waals surface area contributed by atoms with E-state index in [1.54, 1.807) is 18.3 Å². The van der Waals surface area contributed by atoms with E-state index in [1.165, 1.54) is 0 Å². The average molecular weight is 334 g/mol. The summed E-state index contributed by atoms with van der Waals surface area (Å²) in [5, 5.41) is 12.3. The lowest BCUT2D eigenvalue weighted by Gasteiger charge is -2.33. The van der Waals surface area contributed by atoms with E-state index in [9.17, 15) is 10.1 Å². The first-order valence-electron chi connectivity index (χ1n) is 8.63. The second-order valence-electron chi connectivity index (χ2n) is 6.44. The Morgan fingerprint density at radius 1 is 1.28 bits per heavy atom. The van der Waals surface area contributed by atoms with Crippen LogP contribution in [0, 0.1) is 24.2 Å². The van der Waals surface area contributed by atoms with E-state index in [1.807, 2.05) is 31.2 Å². The van der Waals surface area contributed by atoms with Crippen LogP contribution in [0.25, 0.3) is 0 Å². The molecule has 0 spiro atoms. The van der Waals surface area contributed by atoms with Gasteiger partial charge in [0, 0.05) is 31.4 Å². The van der Waals surface area contributed by atoms with Gasteiger partial charge in [-0.1, -0.05) is 18.2 Å². The average Bonchev–Trinajstić information content (AvgIpc) is 2.67. The molecule has 5 heteroatoms. The Kier molecular flexibility index (Phi) is 5.30. The van der Waals surface area contributed by atoms with Crippen LogP contribution in [0.4, 0.5) is 5.82 Å².